The van der Waals surface area contributed by atoms with Crippen molar-refractivity contribution in [2.24, 2.45) is 0 Å². The average Bonchev–Trinajstić information content (AvgIpc) is 2.46. The monoisotopic (exact) mass is 291 g/mol. The lowest BCUT2D eigenvalue weighted by Gasteiger charge is -2.38. The van der Waals surface area contributed by atoms with Gasteiger partial charge in [0.15, 0.2) is 0 Å². The van der Waals surface area contributed by atoms with E-state index in [-0.39, 0.29) is 17.5 Å². The Bertz CT molecular complexity index is 463. The van der Waals surface area contributed by atoms with Gasteiger partial charge in [-0.25, -0.2) is 4.98 Å². The molecule has 1 aromatic heterocycles. The van der Waals surface area contributed by atoms with Crippen LogP contribution in [-0.2, 0) is 4.79 Å². The number of aromatic nitrogens is 2. The number of rotatable bonds is 3. The molecule has 6 nitrogen and oxygen atoms in total. The summed E-state index contributed by atoms with van der Waals surface area (Å²) < 4.78 is 0. The molecule has 21 heavy (non-hydrogen) atoms. The normalized spacial score (nSPS) is 18.4. The molecule has 0 aliphatic carbocycles. The summed E-state index contributed by atoms with van der Waals surface area (Å²) in [4.78, 5) is 25.1. The molecular formula is C15H25N5O. The Labute approximate surface area is 126 Å². The fourth-order valence-corrected chi connectivity index (χ4v) is 2.43. The van der Waals surface area contributed by atoms with Gasteiger partial charge in [-0.1, -0.05) is 0 Å². The van der Waals surface area contributed by atoms with Gasteiger partial charge in [0, 0.05) is 44.1 Å². The number of carbonyl (C=O) groups excluding carboxylic acids is 1. The summed E-state index contributed by atoms with van der Waals surface area (Å²) in [6.45, 7) is 11.4. The summed E-state index contributed by atoms with van der Waals surface area (Å²) >= 11 is 0. The summed E-state index contributed by atoms with van der Waals surface area (Å²) in [6.07, 6.45) is 5.17. The lowest BCUT2D eigenvalue weighted by Crippen LogP contribution is -2.56. The van der Waals surface area contributed by atoms with Crippen molar-refractivity contribution in [1.29, 1.82) is 0 Å². The molecule has 2 heterocycles. The van der Waals surface area contributed by atoms with Gasteiger partial charge in [-0.05, 0) is 27.7 Å². The van der Waals surface area contributed by atoms with Crippen LogP contribution >= 0.6 is 0 Å². The summed E-state index contributed by atoms with van der Waals surface area (Å²) in [6, 6.07) is -0.103. The van der Waals surface area contributed by atoms with Crippen LogP contribution in [0, 0.1) is 0 Å². The molecule has 0 bridgehead atoms. The SMILES string of the molecule is C[C@H](C(=O)NC(C)(C)C)N1CCN(c2cnccn2)CC1. The van der Waals surface area contributed by atoms with E-state index in [4.69, 9.17) is 0 Å². The zero-order chi connectivity index (χ0) is 15.5. The molecule has 1 N–H and O–H groups in total. The minimum Gasteiger partial charge on any atom is -0.353 e. The second-order valence-electron chi connectivity index (χ2n) is 6.50. The van der Waals surface area contributed by atoms with Crippen molar-refractivity contribution >= 4 is 11.7 Å². The summed E-state index contributed by atoms with van der Waals surface area (Å²) in [5, 5.41) is 3.04. The highest BCUT2D eigenvalue weighted by Gasteiger charge is 2.27. The zero-order valence-corrected chi connectivity index (χ0v) is 13.3. The minimum absolute atomic E-state index is 0.0930. The Morgan fingerprint density at radius 3 is 2.43 bits per heavy atom. The third kappa shape index (κ3) is 4.39. The predicted molar refractivity (Wildman–Crippen MR) is 83.2 cm³/mol. The molecule has 0 unspecified atom stereocenters. The van der Waals surface area contributed by atoms with Crippen LogP contribution in [0.25, 0.3) is 0 Å². The smallest absolute Gasteiger partial charge is 0.237 e. The molecule has 0 radical (unpaired) electrons. The third-order valence-corrected chi connectivity index (χ3v) is 3.61. The molecule has 0 saturated carbocycles. The van der Waals surface area contributed by atoms with Crippen molar-refractivity contribution in [2.45, 2.75) is 39.3 Å². The summed E-state index contributed by atoms with van der Waals surface area (Å²) in [7, 11) is 0. The van der Waals surface area contributed by atoms with Crippen molar-refractivity contribution in [2.75, 3.05) is 31.1 Å². The zero-order valence-electron chi connectivity index (χ0n) is 13.3. The van der Waals surface area contributed by atoms with Crippen LogP contribution in [-0.4, -0.2) is 58.5 Å². The van der Waals surface area contributed by atoms with Crippen LogP contribution < -0.4 is 10.2 Å². The maximum absolute atomic E-state index is 12.2. The van der Waals surface area contributed by atoms with E-state index in [9.17, 15) is 4.79 Å². The molecule has 1 aliphatic rings. The van der Waals surface area contributed by atoms with Gasteiger partial charge >= 0.3 is 0 Å². The van der Waals surface area contributed by atoms with Gasteiger partial charge in [0.1, 0.15) is 5.82 Å². The number of nitrogens with one attached hydrogen (secondary N) is 1. The maximum atomic E-state index is 12.2. The van der Waals surface area contributed by atoms with Crippen molar-refractivity contribution in [3.8, 4) is 0 Å². The first-order valence-corrected chi connectivity index (χ1v) is 7.44. The second-order valence-corrected chi connectivity index (χ2v) is 6.50. The van der Waals surface area contributed by atoms with Crippen molar-refractivity contribution in [3.63, 3.8) is 0 Å². The molecular weight excluding hydrogens is 266 g/mol. The molecule has 6 heteroatoms. The summed E-state index contributed by atoms with van der Waals surface area (Å²) in [5.74, 6) is 0.999. The Balaban J connectivity index is 1.87. The Morgan fingerprint density at radius 1 is 1.24 bits per heavy atom. The van der Waals surface area contributed by atoms with E-state index in [1.165, 1.54) is 0 Å². The molecule has 1 fully saturated rings. The fraction of sp³-hybridized carbons (Fsp3) is 0.667. The van der Waals surface area contributed by atoms with Gasteiger partial charge < -0.3 is 10.2 Å². The highest BCUT2D eigenvalue weighted by atomic mass is 16.2. The van der Waals surface area contributed by atoms with Gasteiger partial charge in [0.2, 0.25) is 5.91 Å². The number of hydrogen-bond acceptors (Lipinski definition) is 5. The van der Waals surface area contributed by atoms with E-state index in [0.29, 0.717) is 0 Å². The predicted octanol–water partition coefficient (Wildman–Crippen LogP) is 0.902. The average molecular weight is 291 g/mol. The number of hydrogen-bond donors (Lipinski definition) is 1. The Morgan fingerprint density at radius 2 is 1.90 bits per heavy atom. The molecule has 1 aliphatic heterocycles. The van der Waals surface area contributed by atoms with E-state index in [0.717, 1.165) is 32.0 Å². The van der Waals surface area contributed by atoms with Gasteiger partial charge in [-0.3, -0.25) is 14.7 Å². The molecule has 1 saturated heterocycles. The highest BCUT2D eigenvalue weighted by Crippen LogP contribution is 2.13. The van der Waals surface area contributed by atoms with E-state index in [2.05, 4.69) is 25.1 Å². The van der Waals surface area contributed by atoms with Crippen molar-refractivity contribution in [3.05, 3.63) is 18.6 Å². The van der Waals surface area contributed by atoms with Crippen LogP contribution in [0.5, 0.6) is 0 Å². The fourth-order valence-electron chi connectivity index (χ4n) is 2.43. The first-order chi connectivity index (χ1) is 9.87. The Kier molecular flexibility index (Phi) is 4.77. The third-order valence-electron chi connectivity index (χ3n) is 3.61. The van der Waals surface area contributed by atoms with Gasteiger partial charge in [-0.15, -0.1) is 0 Å². The molecule has 1 aromatic rings. The van der Waals surface area contributed by atoms with E-state index in [1.807, 2.05) is 27.7 Å². The summed E-state index contributed by atoms with van der Waals surface area (Å²) in [5.41, 5.74) is -0.188. The first-order valence-electron chi connectivity index (χ1n) is 7.44. The van der Waals surface area contributed by atoms with Crippen LogP contribution in [0.3, 0.4) is 0 Å². The number of anilines is 1. The number of nitrogens with zero attached hydrogens (tertiary/aromatic N) is 4. The topological polar surface area (TPSA) is 61.4 Å². The minimum atomic E-state index is -0.188. The van der Waals surface area contributed by atoms with Crippen LogP contribution in [0.15, 0.2) is 18.6 Å². The molecule has 1 atom stereocenters. The van der Waals surface area contributed by atoms with Crippen LogP contribution in [0.2, 0.25) is 0 Å². The van der Waals surface area contributed by atoms with Crippen LogP contribution in [0.1, 0.15) is 27.7 Å². The molecule has 116 valence electrons. The van der Waals surface area contributed by atoms with Crippen LogP contribution in [0.4, 0.5) is 5.82 Å². The van der Waals surface area contributed by atoms with E-state index >= 15 is 0 Å². The maximum Gasteiger partial charge on any atom is 0.237 e. The van der Waals surface area contributed by atoms with Crippen molar-refractivity contribution < 1.29 is 4.79 Å². The lowest BCUT2D eigenvalue weighted by molar-refractivity contribution is -0.127. The first kappa shape index (κ1) is 15.7. The lowest BCUT2D eigenvalue weighted by atomic mass is 10.1. The van der Waals surface area contributed by atoms with Gasteiger partial charge in [0.05, 0.1) is 12.2 Å². The molecule has 2 rings (SSSR count). The number of carbonyl (C=O) groups is 1. The van der Waals surface area contributed by atoms with Gasteiger partial charge in [0.25, 0.3) is 0 Å². The second kappa shape index (κ2) is 6.39. The molecule has 0 spiro atoms. The standard InChI is InChI=1S/C15H25N5O/c1-12(14(21)18-15(2,3)4)19-7-9-20(10-8-19)13-11-16-5-6-17-13/h5-6,11-12H,7-10H2,1-4H3,(H,18,21)/t12-/m1/s1. The van der Waals surface area contributed by atoms with Crippen molar-refractivity contribution in [1.82, 2.24) is 20.2 Å². The van der Waals surface area contributed by atoms with E-state index < -0.39 is 0 Å². The molecule has 0 aromatic carbocycles. The largest absolute Gasteiger partial charge is 0.353 e. The number of piperazine rings is 1. The highest BCUT2D eigenvalue weighted by molar-refractivity contribution is 5.82. The quantitative estimate of drug-likeness (QED) is 0.896. The number of amides is 1. The molecule has 1 amide bonds. The van der Waals surface area contributed by atoms with Gasteiger partial charge in [-0.2, -0.15) is 0 Å². The van der Waals surface area contributed by atoms with E-state index in [1.54, 1.807) is 18.6 Å². The Hall–Kier alpha value is -1.69.